The van der Waals surface area contributed by atoms with Crippen LogP contribution < -0.4 is 5.73 Å². The highest BCUT2D eigenvalue weighted by molar-refractivity contribution is 14.0. The molecule has 1 heterocycles. The molecule has 1 aliphatic heterocycles. The van der Waals surface area contributed by atoms with E-state index in [2.05, 4.69) is 48.0 Å². The molecular weight excluding hydrogens is 417 g/mol. The summed E-state index contributed by atoms with van der Waals surface area (Å²) in [5.41, 5.74) is 8.37. The van der Waals surface area contributed by atoms with Gasteiger partial charge in [0.15, 0.2) is 5.96 Å². The van der Waals surface area contributed by atoms with Crippen LogP contribution in [0, 0.1) is 0 Å². The van der Waals surface area contributed by atoms with Crippen LogP contribution in [0.15, 0.2) is 29.3 Å². The summed E-state index contributed by atoms with van der Waals surface area (Å²) >= 11 is 0. The van der Waals surface area contributed by atoms with E-state index in [0.29, 0.717) is 25.2 Å². The second kappa shape index (κ2) is 11.7. The first kappa shape index (κ1) is 21.2. The van der Waals surface area contributed by atoms with Gasteiger partial charge in [0.1, 0.15) is 0 Å². The molecule has 0 aliphatic carbocycles. The van der Waals surface area contributed by atoms with E-state index in [1.165, 1.54) is 5.56 Å². The van der Waals surface area contributed by atoms with Crippen LogP contribution in [-0.4, -0.2) is 43.3 Å². The monoisotopic (exact) mass is 447 g/mol. The predicted octanol–water partition coefficient (Wildman–Crippen LogP) is 3.16. The molecule has 1 saturated heterocycles. The molecule has 24 heavy (non-hydrogen) atoms. The maximum atomic E-state index is 6.02. The minimum Gasteiger partial charge on any atom is -0.381 e. The fourth-order valence-electron chi connectivity index (χ4n) is 2.69. The molecule has 0 atom stereocenters. The Bertz CT molecular complexity index is 501. The number of rotatable bonds is 7. The predicted molar refractivity (Wildman–Crippen MR) is 109 cm³/mol. The largest absolute Gasteiger partial charge is 0.381 e. The van der Waals surface area contributed by atoms with Crippen molar-refractivity contribution in [2.45, 2.75) is 45.9 Å². The second-order valence-electron chi connectivity index (χ2n) is 5.79. The molecule has 0 saturated carbocycles. The summed E-state index contributed by atoms with van der Waals surface area (Å²) in [7, 11) is 0. The van der Waals surface area contributed by atoms with E-state index < -0.39 is 0 Å². The third kappa shape index (κ3) is 6.94. The van der Waals surface area contributed by atoms with Crippen molar-refractivity contribution < 1.29 is 9.47 Å². The number of ether oxygens (including phenoxy) is 2. The Hall–Kier alpha value is -0.860. The molecule has 1 aromatic rings. The molecule has 0 amide bonds. The minimum absolute atomic E-state index is 0. The van der Waals surface area contributed by atoms with Gasteiger partial charge < -0.3 is 20.1 Å². The smallest absolute Gasteiger partial charge is 0.191 e. The number of hydrogen-bond acceptors (Lipinski definition) is 3. The highest BCUT2D eigenvalue weighted by atomic mass is 127. The summed E-state index contributed by atoms with van der Waals surface area (Å²) in [4.78, 5) is 6.54. The van der Waals surface area contributed by atoms with Crippen LogP contribution in [0.3, 0.4) is 0 Å². The molecule has 0 bridgehead atoms. The van der Waals surface area contributed by atoms with Gasteiger partial charge >= 0.3 is 0 Å². The zero-order valence-corrected chi connectivity index (χ0v) is 17.1. The summed E-state index contributed by atoms with van der Waals surface area (Å²) in [5.74, 6) is 0.610. The Balaban J connectivity index is 0.00000288. The van der Waals surface area contributed by atoms with Crippen molar-refractivity contribution in [2.24, 2.45) is 10.7 Å². The van der Waals surface area contributed by atoms with Gasteiger partial charge in [0.25, 0.3) is 0 Å². The van der Waals surface area contributed by atoms with E-state index in [1.54, 1.807) is 0 Å². The topological polar surface area (TPSA) is 60.1 Å². The van der Waals surface area contributed by atoms with Crippen LogP contribution in [-0.2, 0) is 22.6 Å². The maximum absolute atomic E-state index is 6.02. The zero-order valence-electron chi connectivity index (χ0n) is 14.7. The van der Waals surface area contributed by atoms with Crippen molar-refractivity contribution in [3.63, 3.8) is 0 Å². The van der Waals surface area contributed by atoms with E-state index in [-0.39, 0.29) is 24.0 Å². The molecule has 0 radical (unpaired) electrons. The lowest BCUT2D eigenvalue weighted by atomic mass is 10.1. The van der Waals surface area contributed by atoms with E-state index in [4.69, 9.17) is 15.2 Å². The molecule has 1 aromatic carbocycles. The molecule has 2 N–H and O–H groups in total. The number of hydrogen-bond donors (Lipinski definition) is 1. The number of nitrogens with two attached hydrogens (primary N) is 1. The average molecular weight is 447 g/mol. The Labute approximate surface area is 162 Å². The minimum atomic E-state index is 0. The van der Waals surface area contributed by atoms with Crippen LogP contribution in [0.2, 0.25) is 0 Å². The van der Waals surface area contributed by atoms with Crippen LogP contribution >= 0.6 is 24.0 Å². The van der Waals surface area contributed by atoms with Crippen molar-refractivity contribution >= 4 is 29.9 Å². The van der Waals surface area contributed by atoms with E-state index in [1.807, 2.05) is 0 Å². The quantitative estimate of drug-likeness (QED) is 0.397. The first-order chi connectivity index (χ1) is 11.2. The van der Waals surface area contributed by atoms with Gasteiger partial charge in [-0.25, -0.2) is 4.99 Å². The Kier molecular flexibility index (Phi) is 10.3. The summed E-state index contributed by atoms with van der Waals surface area (Å²) in [6.07, 6.45) is 2.30. The van der Waals surface area contributed by atoms with Gasteiger partial charge in [-0.15, -0.1) is 24.0 Å². The van der Waals surface area contributed by atoms with Crippen molar-refractivity contribution in [1.29, 1.82) is 0 Å². The molecule has 1 aliphatic rings. The molecule has 6 heteroatoms. The molecular formula is C18H30IN3O2. The highest BCUT2D eigenvalue weighted by Gasteiger charge is 2.14. The number of guanidine groups is 1. The fourth-order valence-corrected chi connectivity index (χ4v) is 2.69. The molecule has 0 unspecified atom stereocenters. The van der Waals surface area contributed by atoms with Crippen LogP contribution in [0.4, 0.5) is 0 Å². The van der Waals surface area contributed by atoms with Crippen LogP contribution in [0.25, 0.3) is 0 Å². The molecule has 5 nitrogen and oxygen atoms in total. The van der Waals surface area contributed by atoms with E-state index in [9.17, 15) is 0 Å². The molecule has 1 fully saturated rings. The molecule has 2 rings (SSSR count). The molecule has 0 aromatic heterocycles. The van der Waals surface area contributed by atoms with Gasteiger partial charge in [0.05, 0.1) is 19.3 Å². The summed E-state index contributed by atoms with van der Waals surface area (Å²) < 4.78 is 11.3. The first-order valence-electron chi connectivity index (χ1n) is 8.55. The van der Waals surface area contributed by atoms with Gasteiger partial charge in [0.2, 0.25) is 0 Å². The van der Waals surface area contributed by atoms with E-state index in [0.717, 1.165) is 44.7 Å². The number of benzene rings is 1. The zero-order chi connectivity index (χ0) is 16.5. The normalized spacial score (nSPS) is 15.8. The third-order valence-electron chi connectivity index (χ3n) is 4.16. The summed E-state index contributed by atoms with van der Waals surface area (Å²) in [5, 5.41) is 0. The van der Waals surface area contributed by atoms with Gasteiger partial charge in [-0.1, -0.05) is 24.3 Å². The molecule has 0 spiro atoms. The van der Waals surface area contributed by atoms with Gasteiger partial charge in [-0.3, -0.25) is 0 Å². The summed E-state index contributed by atoms with van der Waals surface area (Å²) in [6.45, 7) is 8.80. The number of nitrogens with zero attached hydrogens (tertiary/aromatic N) is 2. The van der Waals surface area contributed by atoms with Gasteiger partial charge in [0, 0.05) is 26.3 Å². The van der Waals surface area contributed by atoms with Crippen molar-refractivity contribution in [3.8, 4) is 0 Å². The van der Waals surface area contributed by atoms with Crippen molar-refractivity contribution in [2.75, 3.05) is 26.3 Å². The summed E-state index contributed by atoms with van der Waals surface area (Å²) in [6, 6.07) is 8.39. The highest BCUT2D eigenvalue weighted by Crippen LogP contribution is 2.14. The lowest BCUT2D eigenvalue weighted by Crippen LogP contribution is -2.37. The van der Waals surface area contributed by atoms with Crippen molar-refractivity contribution in [3.05, 3.63) is 35.4 Å². The lowest BCUT2D eigenvalue weighted by Gasteiger charge is -2.22. The number of halogens is 1. The number of aliphatic imine (C=N–C) groups is 1. The van der Waals surface area contributed by atoms with Crippen molar-refractivity contribution in [1.82, 2.24) is 4.90 Å². The van der Waals surface area contributed by atoms with Gasteiger partial charge in [-0.2, -0.15) is 0 Å². The Morgan fingerprint density at radius 3 is 2.58 bits per heavy atom. The average Bonchev–Trinajstić information content (AvgIpc) is 2.60. The Morgan fingerprint density at radius 1 is 1.25 bits per heavy atom. The maximum Gasteiger partial charge on any atom is 0.191 e. The fraction of sp³-hybridized carbons (Fsp3) is 0.611. The standard InChI is InChI=1S/C18H29N3O2.HI/c1-3-21(4-2)18(19)20-13-15-6-5-7-16(12-15)14-23-17-8-10-22-11-9-17;/h5-7,12,17H,3-4,8-11,13-14H2,1-2H3,(H2,19,20);1H. The third-order valence-corrected chi connectivity index (χ3v) is 4.16. The van der Waals surface area contributed by atoms with Crippen LogP contribution in [0.1, 0.15) is 37.8 Å². The second-order valence-corrected chi connectivity index (χ2v) is 5.79. The van der Waals surface area contributed by atoms with E-state index >= 15 is 0 Å². The van der Waals surface area contributed by atoms with Crippen LogP contribution in [0.5, 0.6) is 0 Å². The lowest BCUT2D eigenvalue weighted by molar-refractivity contribution is -0.0390. The SMILES string of the molecule is CCN(CC)C(N)=NCc1cccc(COC2CCOCC2)c1.I. The first-order valence-corrected chi connectivity index (χ1v) is 8.55. The molecule has 136 valence electrons. The Morgan fingerprint density at radius 2 is 1.92 bits per heavy atom. The van der Waals surface area contributed by atoms with Gasteiger partial charge in [-0.05, 0) is 37.8 Å².